The average molecular weight is 533 g/mol. The molecular weight excluding hydrogens is 508 g/mol. The zero-order valence-corrected chi connectivity index (χ0v) is 21.5. The summed E-state index contributed by atoms with van der Waals surface area (Å²) in [4.78, 5) is 40.5. The van der Waals surface area contributed by atoms with Crippen molar-refractivity contribution in [1.82, 2.24) is 13.7 Å². The van der Waals surface area contributed by atoms with Gasteiger partial charge >= 0.3 is 17.1 Å². The Kier molecular flexibility index (Phi) is 8.71. The molecule has 0 bridgehead atoms. The molecular formula is C30H24N6O4. The van der Waals surface area contributed by atoms with Crippen molar-refractivity contribution in [3.63, 3.8) is 0 Å². The van der Waals surface area contributed by atoms with Gasteiger partial charge in [-0.2, -0.15) is 15.8 Å². The molecule has 0 N–H and O–H groups in total. The van der Waals surface area contributed by atoms with Crippen molar-refractivity contribution >= 4 is 0 Å². The van der Waals surface area contributed by atoms with Crippen LogP contribution in [0.1, 0.15) is 33.4 Å². The van der Waals surface area contributed by atoms with E-state index in [1.165, 1.54) is 0 Å². The molecule has 4 rings (SSSR count). The van der Waals surface area contributed by atoms with Crippen molar-refractivity contribution in [1.29, 1.82) is 15.8 Å². The standard InChI is InChI=1S/C30H24N6O4/c31-15-13-22-1-5-24(6-2-22)17-34-28(37)35(18-25-7-3-23(4-8-25)14-16-32)30(39)36(29(34)38)19-26-9-11-27(12-10-26)20-40-21-33/h1-12H,13-14,17-20H2. The molecule has 0 radical (unpaired) electrons. The van der Waals surface area contributed by atoms with Crippen LogP contribution in [0.4, 0.5) is 0 Å². The molecule has 4 aromatic rings. The van der Waals surface area contributed by atoms with E-state index in [4.69, 9.17) is 20.5 Å². The van der Waals surface area contributed by atoms with Crippen LogP contribution in [-0.2, 0) is 43.8 Å². The Bertz CT molecular complexity index is 1700. The molecule has 10 heteroatoms. The summed E-state index contributed by atoms with van der Waals surface area (Å²) < 4.78 is 7.82. The van der Waals surface area contributed by atoms with E-state index in [9.17, 15) is 14.4 Å². The van der Waals surface area contributed by atoms with Gasteiger partial charge in [0, 0.05) is 0 Å². The van der Waals surface area contributed by atoms with Crippen LogP contribution in [0.2, 0.25) is 0 Å². The monoisotopic (exact) mass is 532 g/mol. The number of hydrogen-bond acceptors (Lipinski definition) is 7. The predicted octanol–water partition coefficient (Wildman–Crippen LogP) is 2.45. The second-order valence-electron chi connectivity index (χ2n) is 9.11. The van der Waals surface area contributed by atoms with E-state index >= 15 is 0 Å². The molecule has 10 nitrogen and oxygen atoms in total. The topological polar surface area (TPSA) is 147 Å². The number of rotatable bonds is 10. The molecule has 198 valence electrons. The zero-order valence-electron chi connectivity index (χ0n) is 21.5. The lowest BCUT2D eigenvalue weighted by Crippen LogP contribution is -2.54. The molecule has 0 saturated heterocycles. The molecule has 3 aromatic carbocycles. The fourth-order valence-electron chi connectivity index (χ4n) is 4.20. The van der Waals surface area contributed by atoms with Gasteiger partial charge in [0.15, 0.2) is 0 Å². The van der Waals surface area contributed by atoms with Crippen LogP contribution in [-0.4, -0.2) is 13.7 Å². The summed E-state index contributed by atoms with van der Waals surface area (Å²) in [7, 11) is 0. The number of aromatic nitrogens is 3. The molecule has 0 unspecified atom stereocenters. The quantitative estimate of drug-likeness (QED) is 0.285. The van der Waals surface area contributed by atoms with Gasteiger partial charge < -0.3 is 4.74 Å². The summed E-state index contributed by atoms with van der Waals surface area (Å²) in [5.74, 6) is 0. The Morgan fingerprint density at radius 1 is 0.500 bits per heavy atom. The van der Waals surface area contributed by atoms with Crippen molar-refractivity contribution in [2.24, 2.45) is 0 Å². The predicted molar refractivity (Wildman–Crippen MR) is 145 cm³/mol. The second-order valence-corrected chi connectivity index (χ2v) is 9.11. The van der Waals surface area contributed by atoms with Crippen LogP contribution < -0.4 is 17.1 Å². The van der Waals surface area contributed by atoms with Crippen LogP contribution in [0.5, 0.6) is 0 Å². The van der Waals surface area contributed by atoms with Gasteiger partial charge in [-0.3, -0.25) is 0 Å². The van der Waals surface area contributed by atoms with Crippen LogP contribution in [0.25, 0.3) is 0 Å². The van der Waals surface area contributed by atoms with Gasteiger partial charge in [-0.1, -0.05) is 72.8 Å². The van der Waals surface area contributed by atoms with E-state index in [1.54, 1.807) is 79.1 Å². The molecule has 0 saturated carbocycles. The summed E-state index contributed by atoms with van der Waals surface area (Å²) in [6.07, 6.45) is 2.10. The van der Waals surface area contributed by atoms with Gasteiger partial charge in [0.2, 0.25) is 0 Å². The number of hydrogen-bond donors (Lipinski definition) is 0. The number of ether oxygens (including phenoxy) is 1. The van der Waals surface area contributed by atoms with Crippen molar-refractivity contribution in [2.45, 2.75) is 39.1 Å². The Hall–Kier alpha value is -5.66. The highest BCUT2D eigenvalue weighted by atomic mass is 16.5. The number of nitriles is 3. The minimum atomic E-state index is -0.742. The van der Waals surface area contributed by atoms with Crippen LogP contribution in [0.15, 0.2) is 87.2 Å². The second kappa shape index (κ2) is 12.7. The Morgan fingerprint density at radius 3 is 1.10 bits per heavy atom. The summed E-state index contributed by atoms with van der Waals surface area (Å²) in [5, 5.41) is 26.4. The summed E-state index contributed by atoms with van der Waals surface area (Å²) in [5.41, 5.74) is 2.13. The third kappa shape index (κ3) is 6.42. The van der Waals surface area contributed by atoms with E-state index in [1.807, 2.05) is 0 Å². The van der Waals surface area contributed by atoms with Crippen LogP contribution in [0, 0.1) is 34.2 Å². The van der Waals surface area contributed by atoms with E-state index in [0.717, 1.165) is 30.4 Å². The maximum absolute atomic E-state index is 13.5. The highest BCUT2D eigenvalue weighted by Gasteiger charge is 2.17. The van der Waals surface area contributed by atoms with Gasteiger partial charge in [0.1, 0.15) is 6.61 Å². The lowest BCUT2D eigenvalue weighted by Gasteiger charge is -2.15. The van der Waals surface area contributed by atoms with E-state index in [0.29, 0.717) is 16.7 Å². The first-order valence-corrected chi connectivity index (χ1v) is 12.4. The summed E-state index contributed by atoms with van der Waals surface area (Å²) >= 11 is 0. The molecule has 0 spiro atoms. The largest absolute Gasteiger partial charge is 0.423 e. The molecule has 40 heavy (non-hydrogen) atoms. The molecule has 0 aliphatic carbocycles. The molecule has 0 aliphatic rings. The van der Waals surface area contributed by atoms with Gasteiger partial charge in [0.05, 0.1) is 44.6 Å². The lowest BCUT2D eigenvalue weighted by molar-refractivity contribution is 0.257. The Labute approximate surface area is 229 Å². The molecule has 1 heterocycles. The molecule has 0 atom stereocenters. The minimum Gasteiger partial charge on any atom is -0.423 e. The molecule has 0 fully saturated rings. The molecule has 1 aromatic heterocycles. The summed E-state index contributed by atoms with van der Waals surface area (Å²) in [6, 6.07) is 25.1. The lowest BCUT2D eigenvalue weighted by atomic mass is 10.1. The SMILES string of the molecule is N#CCc1ccc(Cn2c(=O)n(Cc3ccc(CC#N)cc3)c(=O)n(Cc3ccc(COC#N)cc3)c2=O)cc1. The summed E-state index contributed by atoms with van der Waals surface area (Å²) in [6.45, 7) is -0.0824. The molecule has 0 amide bonds. The highest BCUT2D eigenvalue weighted by Crippen LogP contribution is 2.09. The maximum atomic E-state index is 13.5. The van der Waals surface area contributed by atoms with Crippen LogP contribution >= 0.6 is 0 Å². The minimum absolute atomic E-state index is 0.0592. The van der Waals surface area contributed by atoms with Crippen molar-refractivity contribution in [3.8, 4) is 18.4 Å². The third-order valence-corrected chi connectivity index (χ3v) is 6.35. The normalized spacial score (nSPS) is 10.3. The molecule has 0 aliphatic heterocycles. The average Bonchev–Trinajstić information content (AvgIpc) is 2.97. The first kappa shape index (κ1) is 27.4. The van der Waals surface area contributed by atoms with Crippen molar-refractivity contribution < 1.29 is 4.74 Å². The zero-order chi connectivity index (χ0) is 28.5. The van der Waals surface area contributed by atoms with Gasteiger partial charge in [-0.25, -0.2) is 28.1 Å². The van der Waals surface area contributed by atoms with Gasteiger partial charge in [-0.05, 0) is 33.4 Å². The number of benzene rings is 3. The Morgan fingerprint density at radius 2 is 0.800 bits per heavy atom. The highest BCUT2D eigenvalue weighted by molar-refractivity contribution is 5.26. The van der Waals surface area contributed by atoms with Crippen molar-refractivity contribution in [2.75, 3.05) is 0 Å². The van der Waals surface area contributed by atoms with E-state index in [2.05, 4.69) is 12.1 Å². The van der Waals surface area contributed by atoms with Gasteiger partial charge in [-0.15, -0.1) is 0 Å². The Balaban J connectivity index is 1.75. The first-order chi connectivity index (χ1) is 19.4. The van der Waals surface area contributed by atoms with Gasteiger partial charge in [0.25, 0.3) is 6.26 Å². The van der Waals surface area contributed by atoms with Crippen LogP contribution in [0.3, 0.4) is 0 Å². The fourth-order valence-corrected chi connectivity index (χ4v) is 4.20. The van der Waals surface area contributed by atoms with E-state index < -0.39 is 17.1 Å². The van der Waals surface area contributed by atoms with E-state index in [-0.39, 0.29) is 39.1 Å². The fraction of sp³-hybridized carbons (Fsp3) is 0.200. The number of nitrogens with zero attached hydrogens (tertiary/aromatic N) is 6. The third-order valence-electron chi connectivity index (χ3n) is 6.35. The smallest absolute Gasteiger partial charge is 0.336 e. The first-order valence-electron chi connectivity index (χ1n) is 12.4. The maximum Gasteiger partial charge on any atom is 0.336 e. The van der Waals surface area contributed by atoms with Crippen molar-refractivity contribution in [3.05, 3.63) is 138 Å².